The molecule has 8 heteroatoms. The number of nitrogens with zero attached hydrogens (tertiary/aromatic N) is 1. The zero-order valence-electron chi connectivity index (χ0n) is 15.6. The summed E-state index contributed by atoms with van der Waals surface area (Å²) in [5, 5.41) is 0. The van der Waals surface area contributed by atoms with Crippen molar-refractivity contribution < 1.29 is 22.3 Å². The number of nitrogens with one attached hydrogen (secondary N) is 1. The van der Waals surface area contributed by atoms with Gasteiger partial charge in [-0.05, 0) is 62.6 Å². The Labute approximate surface area is 163 Å². The smallest absolute Gasteiger partial charge is 0.263 e. The van der Waals surface area contributed by atoms with E-state index in [9.17, 15) is 17.6 Å². The van der Waals surface area contributed by atoms with Gasteiger partial charge in [0.25, 0.3) is 15.9 Å². The lowest BCUT2D eigenvalue weighted by molar-refractivity contribution is -0.138. The Morgan fingerprint density at radius 3 is 2.61 bits per heavy atom. The van der Waals surface area contributed by atoms with Crippen LogP contribution >= 0.6 is 0 Å². The number of amides is 1. The minimum atomic E-state index is -3.94. The fourth-order valence-corrected chi connectivity index (χ4v) is 4.33. The van der Waals surface area contributed by atoms with Crippen LogP contribution in [0.25, 0.3) is 0 Å². The van der Waals surface area contributed by atoms with Gasteiger partial charge in [0.1, 0.15) is 11.6 Å². The Morgan fingerprint density at radius 2 is 1.93 bits per heavy atom. The summed E-state index contributed by atoms with van der Waals surface area (Å²) in [4.78, 5) is 14.2. The highest BCUT2D eigenvalue weighted by Crippen LogP contribution is 2.35. The Morgan fingerprint density at radius 1 is 1.18 bits per heavy atom. The SMILES string of the molecule is Cc1ccc(S(=O)(=O)Nc2ccc3c(c2)CN(C2CC2)C(=O)[C@H](C)O3)cc1F. The third-order valence-corrected chi connectivity index (χ3v) is 6.41. The zero-order valence-corrected chi connectivity index (χ0v) is 16.4. The van der Waals surface area contributed by atoms with Crippen LogP contribution in [-0.4, -0.2) is 31.4 Å². The maximum atomic E-state index is 13.8. The van der Waals surface area contributed by atoms with Crippen molar-refractivity contribution in [3.8, 4) is 5.75 Å². The van der Waals surface area contributed by atoms with Gasteiger partial charge in [-0.15, -0.1) is 0 Å². The van der Waals surface area contributed by atoms with E-state index in [1.54, 1.807) is 36.9 Å². The molecule has 0 radical (unpaired) electrons. The number of hydrogen-bond acceptors (Lipinski definition) is 4. The van der Waals surface area contributed by atoms with E-state index in [4.69, 9.17) is 4.74 Å². The largest absolute Gasteiger partial charge is 0.481 e. The van der Waals surface area contributed by atoms with E-state index in [1.165, 1.54) is 12.1 Å². The molecule has 28 heavy (non-hydrogen) atoms. The molecule has 4 rings (SSSR count). The van der Waals surface area contributed by atoms with Gasteiger partial charge in [0.15, 0.2) is 6.10 Å². The van der Waals surface area contributed by atoms with Crippen molar-refractivity contribution in [3.63, 3.8) is 0 Å². The number of anilines is 1. The number of benzene rings is 2. The summed E-state index contributed by atoms with van der Waals surface area (Å²) in [6.07, 6.45) is 1.36. The molecule has 2 aromatic rings. The number of carbonyl (C=O) groups is 1. The molecule has 0 aromatic heterocycles. The van der Waals surface area contributed by atoms with Crippen molar-refractivity contribution in [2.45, 2.75) is 50.3 Å². The Bertz CT molecular complexity index is 1050. The van der Waals surface area contributed by atoms with Crippen molar-refractivity contribution in [2.24, 2.45) is 0 Å². The van der Waals surface area contributed by atoms with Crippen LogP contribution in [0.5, 0.6) is 5.75 Å². The standard InChI is InChI=1S/C20H21FN2O4S/c1-12-3-7-17(10-18(12)21)28(25,26)22-15-4-8-19-14(9-15)11-23(16-5-6-16)20(24)13(2)27-19/h3-4,7-10,13,16,22H,5-6,11H2,1-2H3/t13-/m0/s1. The summed E-state index contributed by atoms with van der Waals surface area (Å²) in [7, 11) is -3.94. The number of hydrogen-bond donors (Lipinski definition) is 1. The third-order valence-electron chi connectivity index (χ3n) is 5.03. The molecule has 1 saturated carbocycles. The number of fused-ring (bicyclic) bond motifs is 1. The maximum Gasteiger partial charge on any atom is 0.263 e. The molecule has 1 amide bonds. The number of carbonyl (C=O) groups excluding carboxylic acids is 1. The summed E-state index contributed by atoms with van der Waals surface area (Å²) in [5.41, 5.74) is 1.45. The second-order valence-corrected chi connectivity index (χ2v) is 8.98. The van der Waals surface area contributed by atoms with E-state index in [0.29, 0.717) is 23.5 Å². The summed E-state index contributed by atoms with van der Waals surface area (Å²) < 4.78 is 47.2. The minimum Gasteiger partial charge on any atom is -0.481 e. The summed E-state index contributed by atoms with van der Waals surface area (Å²) in [6.45, 7) is 3.66. The van der Waals surface area contributed by atoms with Gasteiger partial charge in [-0.1, -0.05) is 6.07 Å². The van der Waals surface area contributed by atoms with Crippen LogP contribution in [0.3, 0.4) is 0 Å². The topological polar surface area (TPSA) is 75.7 Å². The molecule has 1 aliphatic carbocycles. The van der Waals surface area contributed by atoms with E-state index in [1.807, 2.05) is 0 Å². The molecule has 1 heterocycles. The van der Waals surface area contributed by atoms with E-state index in [2.05, 4.69) is 4.72 Å². The second-order valence-electron chi connectivity index (χ2n) is 7.30. The Kier molecular flexibility index (Phi) is 4.53. The third kappa shape index (κ3) is 3.56. The van der Waals surface area contributed by atoms with Crippen LogP contribution in [0.2, 0.25) is 0 Å². The summed E-state index contributed by atoms with van der Waals surface area (Å²) >= 11 is 0. The van der Waals surface area contributed by atoms with Gasteiger partial charge in [0.05, 0.1) is 4.90 Å². The van der Waals surface area contributed by atoms with Crippen LogP contribution in [0.15, 0.2) is 41.3 Å². The van der Waals surface area contributed by atoms with Crippen LogP contribution < -0.4 is 9.46 Å². The molecular formula is C20H21FN2O4S. The van der Waals surface area contributed by atoms with Gasteiger partial charge < -0.3 is 9.64 Å². The van der Waals surface area contributed by atoms with Crippen LogP contribution in [0, 0.1) is 12.7 Å². The summed E-state index contributed by atoms with van der Waals surface area (Å²) in [5.74, 6) is -0.0740. The van der Waals surface area contributed by atoms with Gasteiger partial charge in [-0.2, -0.15) is 0 Å². The van der Waals surface area contributed by atoms with E-state index >= 15 is 0 Å². The van der Waals surface area contributed by atoms with Crippen molar-refractivity contribution >= 4 is 21.6 Å². The zero-order chi connectivity index (χ0) is 20.1. The summed E-state index contributed by atoms with van der Waals surface area (Å²) in [6, 6.07) is 8.91. The molecule has 6 nitrogen and oxygen atoms in total. The van der Waals surface area contributed by atoms with Gasteiger partial charge in [-0.25, -0.2) is 12.8 Å². The molecule has 1 atom stereocenters. The molecule has 0 spiro atoms. The van der Waals surface area contributed by atoms with Gasteiger partial charge in [-0.3, -0.25) is 9.52 Å². The van der Waals surface area contributed by atoms with Crippen molar-refractivity contribution in [1.29, 1.82) is 0 Å². The number of halogens is 1. The predicted octanol–water partition coefficient (Wildman–Crippen LogP) is 3.21. The number of rotatable bonds is 4. The molecule has 2 aliphatic rings. The Hall–Kier alpha value is -2.61. The average molecular weight is 404 g/mol. The average Bonchev–Trinajstić information content (AvgIpc) is 3.47. The van der Waals surface area contributed by atoms with Crippen LogP contribution in [0.4, 0.5) is 10.1 Å². The Balaban J connectivity index is 1.63. The number of ether oxygens (including phenoxy) is 1. The van der Waals surface area contributed by atoms with E-state index in [0.717, 1.165) is 24.5 Å². The minimum absolute atomic E-state index is 0.0593. The molecule has 0 bridgehead atoms. The second kappa shape index (κ2) is 6.77. The maximum absolute atomic E-state index is 13.8. The van der Waals surface area contributed by atoms with Gasteiger partial charge in [0.2, 0.25) is 0 Å². The number of aryl methyl sites for hydroxylation is 1. The van der Waals surface area contributed by atoms with Crippen LogP contribution in [0.1, 0.15) is 30.9 Å². The normalized spacial score (nSPS) is 19.6. The first-order chi connectivity index (χ1) is 13.2. The lowest BCUT2D eigenvalue weighted by Gasteiger charge is -2.21. The van der Waals surface area contributed by atoms with Gasteiger partial charge >= 0.3 is 0 Å². The molecule has 2 aromatic carbocycles. The first kappa shape index (κ1) is 18.7. The number of sulfonamides is 1. The fourth-order valence-electron chi connectivity index (χ4n) is 3.27. The van der Waals surface area contributed by atoms with Crippen LogP contribution in [-0.2, 0) is 21.4 Å². The molecule has 148 valence electrons. The van der Waals surface area contributed by atoms with E-state index in [-0.39, 0.29) is 16.8 Å². The van der Waals surface area contributed by atoms with Crippen molar-refractivity contribution in [3.05, 3.63) is 53.3 Å². The van der Waals surface area contributed by atoms with Crippen molar-refractivity contribution in [2.75, 3.05) is 4.72 Å². The fraction of sp³-hybridized carbons (Fsp3) is 0.350. The molecule has 1 fully saturated rings. The van der Waals surface area contributed by atoms with Crippen molar-refractivity contribution in [1.82, 2.24) is 4.90 Å². The van der Waals surface area contributed by atoms with E-state index < -0.39 is 21.9 Å². The van der Waals surface area contributed by atoms with Gasteiger partial charge in [0, 0.05) is 23.8 Å². The molecule has 1 N–H and O–H groups in total. The molecule has 1 aliphatic heterocycles. The molecular weight excluding hydrogens is 383 g/mol. The lowest BCUT2D eigenvalue weighted by Crippen LogP contribution is -2.39. The highest BCUT2D eigenvalue weighted by molar-refractivity contribution is 7.92. The predicted molar refractivity (Wildman–Crippen MR) is 102 cm³/mol. The molecule has 0 unspecified atom stereocenters. The first-order valence-electron chi connectivity index (χ1n) is 9.13. The first-order valence-corrected chi connectivity index (χ1v) is 10.6. The monoisotopic (exact) mass is 404 g/mol. The quantitative estimate of drug-likeness (QED) is 0.849. The highest BCUT2D eigenvalue weighted by Gasteiger charge is 2.37. The highest BCUT2D eigenvalue weighted by atomic mass is 32.2. The molecule has 0 saturated heterocycles. The lowest BCUT2D eigenvalue weighted by atomic mass is 10.1.